The van der Waals surface area contributed by atoms with Crippen molar-refractivity contribution in [3.8, 4) is 0 Å². The zero-order chi connectivity index (χ0) is 21.1. The van der Waals surface area contributed by atoms with Crippen LogP contribution in [0.2, 0.25) is 0 Å². The first-order valence-corrected chi connectivity index (χ1v) is 11.4. The van der Waals surface area contributed by atoms with Gasteiger partial charge >= 0.3 is 6.09 Å². The SMILES string of the molecule is COC(=O)N1CCCN(C(=O)c2oc3ccccc3c2CSc2nnc(C)s2)CC1. The van der Waals surface area contributed by atoms with Crippen molar-refractivity contribution in [1.82, 2.24) is 20.0 Å². The predicted molar refractivity (Wildman–Crippen MR) is 115 cm³/mol. The molecule has 4 rings (SSSR count). The second-order valence-electron chi connectivity index (χ2n) is 6.88. The Balaban J connectivity index is 1.58. The van der Waals surface area contributed by atoms with Gasteiger partial charge in [-0.05, 0) is 19.4 Å². The van der Waals surface area contributed by atoms with E-state index in [9.17, 15) is 9.59 Å². The lowest BCUT2D eigenvalue weighted by Gasteiger charge is -2.21. The molecule has 2 aromatic heterocycles. The van der Waals surface area contributed by atoms with Gasteiger partial charge in [0.25, 0.3) is 5.91 Å². The molecule has 0 radical (unpaired) electrons. The van der Waals surface area contributed by atoms with Crippen LogP contribution >= 0.6 is 23.1 Å². The number of carbonyl (C=O) groups is 2. The van der Waals surface area contributed by atoms with Crippen molar-refractivity contribution in [2.45, 2.75) is 23.4 Å². The topological polar surface area (TPSA) is 88.8 Å². The van der Waals surface area contributed by atoms with Crippen molar-refractivity contribution >= 4 is 46.1 Å². The number of nitrogens with zero attached hydrogens (tertiary/aromatic N) is 4. The minimum atomic E-state index is -0.363. The highest BCUT2D eigenvalue weighted by Crippen LogP contribution is 2.33. The lowest BCUT2D eigenvalue weighted by Crippen LogP contribution is -2.37. The molecule has 2 amide bonds. The number of rotatable bonds is 4. The molecule has 1 aromatic carbocycles. The van der Waals surface area contributed by atoms with E-state index in [2.05, 4.69) is 10.2 Å². The fraction of sp³-hybridized carbons (Fsp3) is 0.400. The molecule has 0 atom stereocenters. The zero-order valence-corrected chi connectivity index (χ0v) is 18.4. The number of thioether (sulfide) groups is 1. The predicted octanol–water partition coefficient (Wildman–Crippen LogP) is 3.80. The van der Waals surface area contributed by atoms with E-state index in [1.165, 1.54) is 18.4 Å². The Bertz CT molecular complexity index is 1060. The fourth-order valence-electron chi connectivity index (χ4n) is 3.46. The van der Waals surface area contributed by atoms with E-state index >= 15 is 0 Å². The molecule has 0 N–H and O–H groups in total. The second kappa shape index (κ2) is 9.05. The number of para-hydroxylation sites is 1. The number of ether oxygens (including phenoxy) is 1. The summed E-state index contributed by atoms with van der Waals surface area (Å²) in [5.41, 5.74) is 1.55. The molecule has 1 aliphatic rings. The molecule has 1 aliphatic heterocycles. The molecule has 3 heterocycles. The molecule has 0 bridgehead atoms. The molecular formula is C20H22N4O4S2. The summed E-state index contributed by atoms with van der Waals surface area (Å²) in [6.07, 6.45) is 0.326. The van der Waals surface area contributed by atoms with E-state index in [-0.39, 0.29) is 12.0 Å². The molecule has 10 heteroatoms. The third-order valence-corrected chi connectivity index (χ3v) is 6.95. The first kappa shape index (κ1) is 20.7. The number of methoxy groups -OCH3 is 1. The van der Waals surface area contributed by atoms with Crippen LogP contribution in [-0.4, -0.2) is 65.3 Å². The summed E-state index contributed by atoms with van der Waals surface area (Å²) in [5, 5.41) is 10.1. The Morgan fingerprint density at radius 3 is 2.70 bits per heavy atom. The van der Waals surface area contributed by atoms with Crippen molar-refractivity contribution < 1.29 is 18.7 Å². The normalized spacial score (nSPS) is 14.7. The molecule has 0 spiro atoms. The molecule has 1 fully saturated rings. The van der Waals surface area contributed by atoms with Crippen LogP contribution in [0.25, 0.3) is 11.0 Å². The maximum absolute atomic E-state index is 13.4. The monoisotopic (exact) mass is 446 g/mol. The van der Waals surface area contributed by atoms with Gasteiger partial charge in [0.15, 0.2) is 10.1 Å². The van der Waals surface area contributed by atoms with Gasteiger partial charge in [0.2, 0.25) is 0 Å². The number of fused-ring (bicyclic) bond motifs is 1. The van der Waals surface area contributed by atoms with Crippen molar-refractivity contribution in [2.75, 3.05) is 33.3 Å². The minimum absolute atomic E-state index is 0.151. The van der Waals surface area contributed by atoms with E-state index in [0.29, 0.717) is 49.7 Å². The third-order valence-electron chi connectivity index (χ3n) is 4.96. The fourth-order valence-corrected chi connectivity index (χ4v) is 5.30. The van der Waals surface area contributed by atoms with Crippen LogP contribution in [0, 0.1) is 6.92 Å². The van der Waals surface area contributed by atoms with Crippen LogP contribution < -0.4 is 0 Å². The molecule has 0 unspecified atom stereocenters. The number of amides is 2. The summed E-state index contributed by atoms with van der Waals surface area (Å²) in [6, 6.07) is 7.68. The largest absolute Gasteiger partial charge is 0.453 e. The van der Waals surface area contributed by atoms with E-state index in [4.69, 9.17) is 9.15 Å². The minimum Gasteiger partial charge on any atom is -0.453 e. The van der Waals surface area contributed by atoms with E-state index in [1.54, 1.807) is 21.6 Å². The Kier molecular flexibility index (Phi) is 6.24. The molecule has 0 saturated carbocycles. The first-order chi connectivity index (χ1) is 14.6. The van der Waals surface area contributed by atoms with Gasteiger partial charge in [-0.3, -0.25) is 4.79 Å². The lowest BCUT2D eigenvalue weighted by atomic mass is 10.1. The van der Waals surface area contributed by atoms with Crippen molar-refractivity contribution in [3.63, 3.8) is 0 Å². The van der Waals surface area contributed by atoms with Crippen molar-refractivity contribution in [2.24, 2.45) is 0 Å². The van der Waals surface area contributed by atoms with Gasteiger partial charge in [0.1, 0.15) is 10.6 Å². The number of carbonyl (C=O) groups excluding carboxylic acids is 2. The van der Waals surface area contributed by atoms with Gasteiger partial charge in [-0.25, -0.2) is 4.79 Å². The number of furan rings is 1. The highest BCUT2D eigenvalue weighted by Gasteiger charge is 2.28. The Labute approximate surface area is 182 Å². The standard InChI is InChI=1S/C20H22N4O4S2/c1-13-21-22-19(30-13)29-12-15-14-6-3-4-7-16(14)28-17(15)18(25)23-8-5-9-24(11-10-23)20(26)27-2/h3-4,6-7H,5,8-12H2,1-2H3. The van der Waals surface area contributed by atoms with Crippen LogP contribution in [0.5, 0.6) is 0 Å². The van der Waals surface area contributed by atoms with Crippen LogP contribution in [-0.2, 0) is 10.5 Å². The molecular weight excluding hydrogens is 424 g/mol. The van der Waals surface area contributed by atoms with Crippen molar-refractivity contribution in [3.05, 3.63) is 40.6 Å². The Morgan fingerprint density at radius 1 is 1.17 bits per heavy atom. The Hall–Kier alpha value is -2.59. The van der Waals surface area contributed by atoms with Crippen LogP contribution in [0.15, 0.2) is 33.0 Å². The molecule has 158 valence electrons. The number of benzene rings is 1. The van der Waals surface area contributed by atoms with Gasteiger partial charge in [-0.2, -0.15) is 0 Å². The van der Waals surface area contributed by atoms with Crippen LogP contribution in [0.3, 0.4) is 0 Å². The quantitative estimate of drug-likeness (QED) is 0.563. The molecule has 0 aliphatic carbocycles. The molecule has 8 nitrogen and oxygen atoms in total. The maximum atomic E-state index is 13.4. The summed E-state index contributed by atoms with van der Waals surface area (Å²) < 4.78 is 11.7. The summed E-state index contributed by atoms with van der Waals surface area (Å²) >= 11 is 3.08. The smallest absolute Gasteiger partial charge is 0.409 e. The zero-order valence-electron chi connectivity index (χ0n) is 16.8. The van der Waals surface area contributed by atoms with Crippen LogP contribution in [0.1, 0.15) is 27.5 Å². The van der Waals surface area contributed by atoms with E-state index in [0.717, 1.165) is 20.3 Å². The average Bonchev–Trinajstić information content (AvgIpc) is 3.25. The summed E-state index contributed by atoms with van der Waals surface area (Å²) in [7, 11) is 1.37. The molecule has 1 saturated heterocycles. The van der Waals surface area contributed by atoms with E-state index in [1.807, 2.05) is 31.2 Å². The number of hydrogen-bond donors (Lipinski definition) is 0. The molecule has 30 heavy (non-hydrogen) atoms. The molecule has 3 aromatic rings. The summed E-state index contributed by atoms with van der Waals surface area (Å²) in [5.74, 6) is 0.771. The van der Waals surface area contributed by atoms with Gasteiger partial charge in [0.05, 0.1) is 7.11 Å². The number of aromatic nitrogens is 2. The number of aryl methyl sites for hydroxylation is 1. The summed E-state index contributed by atoms with van der Waals surface area (Å²) in [6.45, 7) is 3.92. The second-order valence-corrected chi connectivity index (χ2v) is 9.29. The highest BCUT2D eigenvalue weighted by molar-refractivity contribution is 8.00. The lowest BCUT2D eigenvalue weighted by molar-refractivity contribution is 0.0727. The number of hydrogen-bond acceptors (Lipinski definition) is 8. The van der Waals surface area contributed by atoms with Gasteiger partial charge < -0.3 is 19.0 Å². The van der Waals surface area contributed by atoms with Crippen LogP contribution in [0.4, 0.5) is 4.79 Å². The third kappa shape index (κ3) is 4.29. The first-order valence-electron chi connectivity index (χ1n) is 9.62. The van der Waals surface area contributed by atoms with Gasteiger partial charge in [-0.15, -0.1) is 10.2 Å². The Morgan fingerprint density at radius 2 is 1.93 bits per heavy atom. The van der Waals surface area contributed by atoms with Crippen molar-refractivity contribution in [1.29, 1.82) is 0 Å². The van der Waals surface area contributed by atoms with Gasteiger partial charge in [-0.1, -0.05) is 41.3 Å². The average molecular weight is 447 g/mol. The van der Waals surface area contributed by atoms with E-state index < -0.39 is 0 Å². The highest BCUT2D eigenvalue weighted by atomic mass is 32.2. The summed E-state index contributed by atoms with van der Waals surface area (Å²) in [4.78, 5) is 28.6. The maximum Gasteiger partial charge on any atom is 0.409 e. The van der Waals surface area contributed by atoms with Gasteiger partial charge in [0, 0.05) is 42.9 Å².